The van der Waals surface area contributed by atoms with Gasteiger partial charge < -0.3 is 9.30 Å². The third-order valence-electron chi connectivity index (χ3n) is 2.73. The molecule has 0 atom stereocenters. The number of nitrogens with zero attached hydrogens (tertiary/aromatic N) is 1. The molecule has 0 radical (unpaired) electrons. The van der Waals surface area contributed by atoms with Gasteiger partial charge in [0.15, 0.2) is 0 Å². The van der Waals surface area contributed by atoms with Crippen molar-refractivity contribution in [3.63, 3.8) is 0 Å². The van der Waals surface area contributed by atoms with Crippen molar-refractivity contribution in [3.8, 4) is 5.75 Å². The molecule has 0 saturated heterocycles. The molecule has 102 valence electrons. The summed E-state index contributed by atoms with van der Waals surface area (Å²) < 4.78 is 33.5. The Morgan fingerprint density at radius 2 is 1.89 bits per heavy atom. The maximum absolute atomic E-state index is 12.1. The van der Waals surface area contributed by atoms with E-state index >= 15 is 0 Å². The lowest BCUT2D eigenvalue weighted by atomic mass is 10.3. The summed E-state index contributed by atoms with van der Waals surface area (Å²) in [4.78, 5) is 0.226. The normalized spacial score (nSPS) is 11.5. The molecule has 0 aliphatic carbocycles. The van der Waals surface area contributed by atoms with E-state index in [1.165, 1.54) is 19.2 Å². The number of aromatic nitrogens is 1. The fraction of sp³-hybridized carbons (Fsp3) is 0.231. The van der Waals surface area contributed by atoms with Crippen LogP contribution in [0, 0.1) is 0 Å². The SMILES string of the molecule is COc1ccc(S(=O)(=O)NCc2ccn(C)c2)cc1. The molecule has 0 spiro atoms. The molecule has 1 heterocycles. The highest BCUT2D eigenvalue weighted by Gasteiger charge is 2.13. The van der Waals surface area contributed by atoms with E-state index in [1.54, 1.807) is 12.1 Å². The number of hydrogen-bond donors (Lipinski definition) is 1. The zero-order chi connectivity index (χ0) is 13.9. The van der Waals surface area contributed by atoms with Crippen LogP contribution in [0.5, 0.6) is 5.75 Å². The number of hydrogen-bond acceptors (Lipinski definition) is 3. The van der Waals surface area contributed by atoms with Crippen LogP contribution in [0.25, 0.3) is 0 Å². The molecule has 0 fully saturated rings. The Kier molecular flexibility index (Phi) is 3.92. The van der Waals surface area contributed by atoms with Crippen LogP contribution in [0.3, 0.4) is 0 Å². The van der Waals surface area contributed by atoms with E-state index in [4.69, 9.17) is 4.74 Å². The van der Waals surface area contributed by atoms with E-state index in [9.17, 15) is 8.42 Å². The average molecular weight is 280 g/mol. The van der Waals surface area contributed by atoms with Crippen molar-refractivity contribution in [2.24, 2.45) is 7.05 Å². The highest BCUT2D eigenvalue weighted by molar-refractivity contribution is 7.89. The molecule has 6 heteroatoms. The zero-order valence-electron chi connectivity index (χ0n) is 10.8. The molecular weight excluding hydrogens is 264 g/mol. The third kappa shape index (κ3) is 3.36. The maximum Gasteiger partial charge on any atom is 0.240 e. The minimum Gasteiger partial charge on any atom is -0.497 e. The Morgan fingerprint density at radius 1 is 1.21 bits per heavy atom. The van der Waals surface area contributed by atoms with Crippen molar-refractivity contribution in [1.29, 1.82) is 0 Å². The number of benzene rings is 1. The molecule has 0 amide bonds. The summed E-state index contributed by atoms with van der Waals surface area (Å²) in [6.45, 7) is 0.273. The molecular formula is C13H16N2O3S. The minimum atomic E-state index is -3.49. The Hall–Kier alpha value is -1.79. The van der Waals surface area contributed by atoms with Gasteiger partial charge in [-0.25, -0.2) is 13.1 Å². The van der Waals surface area contributed by atoms with Crippen molar-refractivity contribution >= 4 is 10.0 Å². The van der Waals surface area contributed by atoms with Gasteiger partial charge in [-0.2, -0.15) is 0 Å². The highest BCUT2D eigenvalue weighted by atomic mass is 32.2. The first-order valence-corrected chi connectivity index (χ1v) is 7.24. The van der Waals surface area contributed by atoms with Crippen LogP contribution in [-0.2, 0) is 23.6 Å². The minimum absolute atomic E-state index is 0.226. The van der Waals surface area contributed by atoms with E-state index in [1.807, 2.05) is 30.1 Å². The van der Waals surface area contributed by atoms with Crippen LogP contribution in [-0.4, -0.2) is 20.1 Å². The Labute approximate surface area is 112 Å². The summed E-state index contributed by atoms with van der Waals surface area (Å²) in [5.74, 6) is 0.627. The molecule has 5 nitrogen and oxygen atoms in total. The van der Waals surface area contributed by atoms with E-state index in [0.29, 0.717) is 5.75 Å². The van der Waals surface area contributed by atoms with Gasteiger partial charge in [0.05, 0.1) is 12.0 Å². The van der Waals surface area contributed by atoms with Gasteiger partial charge in [-0.05, 0) is 35.9 Å². The number of nitrogens with one attached hydrogen (secondary N) is 1. The number of aryl methyl sites for hydroxylation is 1. The van der Waals surface area contributed by atoms with Crippen molar-refractivity contribution in [2.45, 2.75) is 11.4 Å². The molecule has 0 bridgehead atoms. The predicted molar refractivity (Wildman–Crippen MR) is 72.4 cm³/mol. The summed E-state index contributed by atoms with van der Waals surface area (Å²) in [6.07, 6.45) is 3.74. The smallest absolute Gasteiger partial charge is 0.240 e. The molecule has 0 unspecified atom stereocenters. The Balaban J connectivity index is 2.09. The molecule has 0 saturated carbocycles. The van der Waals surface area contributed by atoms with Gasteiger partial charge in [0.1, 0.15) is 5.75 Å². The summed E-state index contributed by atoms with van der Waals surface area (Å²) in [5, 5.41) is 0. The molecule has 1 aromatic carbocycles. The van der Waals surface area contributed by atoms with Gasteiger partial charge >= 0.3 is 0 Å². The number of methoxy groups -OCH3 is 1. The lowest BCUT2D eigenvalue weighted by molar-refractivity contribution is 0.414. The molecule has 0 aliphatic rings. The summed E-state index contributed by atoms with van der Waals surface area (Å²) in [6, 6.07) is 8.16. The molecule has 2 rings (SSSR count). The van der Waals surface area contributed by atoms with Crippen LogP contribution in [0.1, 0.15) is 5.56 Å². The van der Waals surface area contributed by atoms with Crippen molar-refractivity contribution in [2.75, 3.05) is 7.11 Å². The van der Waals surface area contributed by atoms with Gasteiger partial charge in [0, 0.05) is 26.0 Å². The second-order valence-corrected chi connectivity index (χ2v) is 5.95. The maximum atomic E-state index is 12.1. The Morgan fingerprint density at radius 3 is 2.42 bits per heavy atom. The van der Waals surface area contributed by atoms with E-state index in [0.717, 1.165) is 5.56 Å². The van der Waals surface area contributed by atoms with Crippen LogP contribution < -0.4 is 9.46 Å². The summed E-state index contributed by atoms with van der Waals surface area (Å²) >= 11 is 0. The van der Waals surface area contributed by atoms with Gasteiger partial charge in [0.2, 0.25) is 10.0 Å². The van der Waals surface area contributed by atoms with Crippen LogP contribution >= 0.6 is 0 Å². The number of rotatable bonds is 5. The molecule has 19 heavy (non-hydrogen) atoms. The zero-order valence-corrected chi connectivity index (χ0v) is 11.6. The quantitative estimate of drug-likeness (QED) is 0.903. The van der Waals surface area contributed by atoms with Crippen molar-refractivity contribution < 1.29 is 13.2 Å². The Bertz CT molecular complexity index is 645. The molecule has 2 aromatic rings. The average Bonchev–Trinajstić information content (AvgIpc) is 2.82. The van der Waals surface area contributed by atoms with Crippen LogP contribution in [0.4, 0.5) is 0 Å². The van der Waals surface area contributed by atoms with E-state index in [2.05, 4.69) is 4.72 Å². The van der Waals surface area contributed by atoms with E-state index in [-0.39, 0.29) is 11.4 Å². The van der Waals surface area contributed by atoms with Crippen LogP contribution in [0.2, 0.25) is 0 Å². The predicted octanol–water partition coefficient (Wildman–Crippen LogP) is 1.51. The van der Waals surface area contributed by atoms with Gasteiger partial charge in [-0.1, -0.05) is 0 Å². The monoisotopic (exact) mass is 280 g/mol. The summed E-state index contributed by atoms with van der Waals surface area (Å²) in [5.41, 5.74) is 0.916. The second-order valence-electron chi connectivity index (χ2n) is 4.19. The largest absolute Gasteiger partial charge is 0.497 e. The fourth-order valence-electron chi connectivity index (χ4n) is 1.68. The first kappa shape index (κ1) is 13.6. The number of sulfonamides is 1. The van der Waals surface area contributed by atoms with Crippen LogP contribution in [0.15, 0.2) is 47.6 Å². The lowest BCUT2D eigenvalue weighted by Crippen LogP contribution is -2.22. The highest BCUT2D eigenvalue weighted by Crippen LogP contribution is 2.15. The van der Waals surface area contributed by atoms with E-state index < -0.39 is 10.0 Å². The molecule has 0 aliphatic heterocycles. The first-order valence-electron chi connectivity index (χ1n) is 5.76. The van der Waals surface area contributed by atoms with Gasteiger partial charge in [0.25, 0.3) is 0 Å². The second kappa shape index (κ2) is 5.46. The van der Waals surface area contributed by atoms with Gasteiger partial charge in [-0.3, -0.25) is 0 Å². The lowest BCUT2D eigenvalue weighted by Gasteiger charge is -2.06. The van der Waals surface area contributed by atoms with Crippen molar-refractivity contribution in [3.05, 3.63) is 48.3 Å². The first-order chi connectivity index (χ1) is 9.01. The number of ether oxygens (including phenoxy) is 1. The topological polar surface area (TPSA) is 60.3 Å². The van der Waals surface area contributed by atoms with Crippen molar-refractivity contribution in [1.82, 2.24) is 9.29 Å². The summed E-state index contributed by atoms with van der Waals surface area (Å²) in [7, 11) is -0.0598. The third-order valence-corrected chi connectivity index (χ3v) is 4.15. The standard InChI is InChI=1S/C13H16N2O3S/c1-15-8-7-11(10-15)9-14-19(16,17)13-5-3-12(18-2)4-6-13/h3-8,10,14H,9H2,1-2H3. The molecule has 1 N–H and O–H groups in total. The fourth-order valence-corrected chi connectivity index (χ4v) is 2.70. The van der Waals surface area contributed by atoms with Gasteiger partial charge in [-0.15, -0.1) is 0 Å². The molecule has 1 aromatic heterocycles.